The molecular formula is C19H20N4O3S2. The van der Waals surface area contributed by atoms with E-state index in [1.165, 1.54) is 18.2 Å². The van der Waals surface area contributed by atoms with Crippen LogP contribution in [0.15, 0.2) is 57.9 Å². The summed E-state index contributed by atoms with van der Waals surface area (Å²) in [7, 11) is -3.75. The summed E-state index contributed by atoms with van der Waals surface area (Å²) in [5.74, 6) is 0.653. The molecule has 28 heavy (non-hydrogen) atoms. The van der Waals surface area contributed by atoms with Crippen LogP contribution in [0, 0.1) is 20.8 Å². The third-order valence-electron chi connectivity index (χ3n) is 3.93. The largest absolute Gasteiger partial charge is 0.360 e. The maximum absolute atomic E-state index is 12.4. The van der Waals surface area contributed by atoms with E-state index in [1.54, 1.807) is 19.1 Å². The molecule has 7 nitrogen and oxygen atoms in total. The van der Waals surface area contributed by atoms with Crippen LogP contribution >= 0.6 is 12.2 Å². The molecule has 0 aliphatic heterocycles. The summed E-state index contributed by atoms with van der Waals surface area (Å²) in [6, 6.07) is 13.8. The van der Waals surface area contributed by atoms with Crippen LogP contribution in [0.4, 0.5) is 17.2 Å². The van der Waals surface area contributed by atoms with Gasteiger partial charge in [-0.3, -0.25) is 4.72 Å². The summed E-state index contributed by atoms with van der Waals surface area (Å²) in [5, 5.41) is 10.2. The molecule has 3 rings (SSSR count). The van der Waals surface area contributed by atoms with Gasteiger partial charge in [-0.1, -0.05) is 17.3 Å². The van der Waals surface area contributed by atoms with Gasteiger partial charge in [0, 0.05) is 17.4 Å². The van der Waals surface area contributed by atoms with Crippen LogP contribution in [0.2, 0.25) is 0 Å². The number of aryl methyl sites for hydroxylation is 3. The lowest BCUT2D eigenvalue weighted by atomic mass is 10.1. The molecule has 146 valence electrons. The SMILES string of the molecule is Cc1ccc(C)c(NC(=S)Nc2ccc(S(=O)(=O)Nc3cc(C)on3)cc2)c1. The van der Waals surface area contributed by atoms with Crippen LogP contribution in [0.3, 0.4) is 0 Å². The van der Waals surface area contributed by atoms with Crippen molar-refractivity contribution in [2.45, 2.75) is 25.7 Å². The Kier molecular flexibility index (Phi) is 5.66. The highest BCUT2D eigenvalue weighted by Gasteiger charge is 2.16. The van der Waals surface area contributed by atoms with Gasteiger partial charge in [0.25, 0.3) is 10.0 Å². The average Bonchev–Trinajstić information content (AvgIpc) is 3.02. The van der Waals surface area contributed by atoms with Crippen molar-refractivity contribution in [3.8, 4) is 0 Å². The molecule has 1 aromatic heterocycles. The van der Waals surface area contributed by atoms with Crippen LogP contribution in [0.1, 0.15) is 16.9 Å². The van der Waals surface area contributed by atoms with Crippen molar-refractivity contribution in [3.05, 3.63) is 65.4 Å². The molecule has 3 N–H and O–H groups in total. The van der Waals surface area contributed by atoms with E-state index in [-0.39, 0.29) is 10.7 Å². The first kappa shape index (κ1) is 19.8. The van der Waals surface area contributed by atoms with Gasteiger partial charge in [-0.05, 0) is 74.4 Å². The second-order valence-corrected chi connectivity index (χ2v) is 8.44. The number of nitrogens with zero attached hydrogens (tertiary/aromatic N) is 1. The topological polar surface area (TPSA) is 96.3 Å². The van der Waals surface area contributed by atoms with E-state index in [9.17, 15) is 8.42 Å². The Balaban J connectivity index is 1.66. The van der Waals surface area contributed by atoms with Crippen molar-refractivity contribution < 1.29 is 12.9 Å². The Morgan fingerprint density at radius 3 is 2.36 bits per heavy atom. The number of nitrogens with one attached hydrogen (secondary N) is 3. The van der Waals surface area contributed by atoms with E-state index in [2.05, 4.69) is 20.5 Å². The van der Waals surface area contributed by atoms with Gasteiger partial charge in [0.1, 0.15) is 5.76 Å². The van der Waals surface area contributed by atoms with E-state index in [1.807, 2.05) is 32.0 Å². The molecule has 0 saturated carbocycles. The smallest absolute Gasteiger partial charge is 0.263 e. The standard InChI is InChI=1S/C19H20N4O3S2/c1-12-4-5-13(2)17(10-12)21-19(27)20-15-6-8-16(9-7-15)28(24,25)23-18-11-14(3)26-22-18/h4-11H,1-3H3,(H,22,23)(H2,20,21,27). The molecule has 0 unspecified atom stereocenters. The third kappa shape index (κ3) is 4.87. The molecular weight excluding hydrogens is 396 g/mol. The Labute approximate surface area is 169 Å². The van der Waals surface area contributed by atoms with Crippen molar-refractivity contribution in [3.63, 3.8) is 0 Å². The normalized spacial score (nSPS) is 11.1. The molecule has 0 bridgehead atoms. The Hall–Kier alpha value is -2.91. The minimum absolute atomic E-state index is 0.104. The van der Waals surface area contributed by atoms with Gasteiger partial charge in [0.15, 0.2) is 10.9 Å². The van der Waals surface area contributed by atoms with Crippen LogP contribution in [-0.2, 0) is 10.0 Å². The molecule has 0 atom stereocenters. The fraction of sp³-hybridized carbons (Fsp3) is 0.158. The fourth-order valence-corrected chi connectivity index (χ4v) is 3.70. The highest BCUT2D eigenvalue weighted by atomic mass is 32.2. The van der Waals surface area contributed by atoms with Crippen LogP contribution in [-0.4, -0.2) is 18.7 Å². The van der Waals surface area contributed by atoms with Crippen molar-refractivity contribution >= 4 is 44.5 Å². The summed E-state index contributed by atoms with van der Waals surface area (Å²) in [4.78, 5) is 0.104. The minimum Gasteiger partial charge on any atom is -0.360 e. The molecule has 0 radical (unpaired) electrons. The first-order valence-electron chi connectivity index (χ1n) is 8.44. The van der Waals surface area contributed by atoms with Gasteiger partial charge in [0.2, 0.25) is 0 Å². The number of anilines is 3. The summed E-state index contributed by atoms with van der Waals surface area (Å²) in [6.45, 7) is 5.68. The lowest BCUT2D eigenvalue weighted by Gasteiger charge is -2.13. The van der Waals surface area contributed by atoms with Crippen molar-refractivity contribution in [2.75, 3.05) is 15.4 Å². The molecule has 9 heteroatoms. The number of benzene rings is 2. The van der Waals surface area contributed by atoms with Crippen LogP contribution in [0.25, 0.3) is 0 Å². The lowest BCUT2D eigenvalue weighted by Crippen LogP contribution is -2.20. The van der Waals surface area contributed by atoms with Crippen molar-refractivity contribution in [1.29, 1.82) is 0 Å². The second kappa shape index (κ2) is 7.99. The molecule has 3 aromatic rings. The first-order valence-corrected chi connectivity index (χ1v) is 10.3. The predicted octanol–water partition coefficient (Wildman–Crippen LogP) is 4.21. The summed E-state index contributed by atoms with van der Waals surface area (Å²) in [5.41, 5.74) is 3.79. The zero-order valence-corrected chi connectivity index (χ0v) is 17.2. The van der Waals surface area contributed by atoms with E-state index >= 15 is 0 Å². The predicted molar refractivity (Wildman–Crippen MR) is 114 cm³/mol. The summed E-state index contributed by atoms with van der Waals surface area (Å²) in [6.07, 6.45) is 0. The zero-order valence-electron chi connectivity index (χ0n) is 15.6. The quantitative estimate of drug-likeness (QED) is 0.536. The van der Waals surface area contributed by atoms with Gasteiger partial charge in [-0.25, -0.2) is 8.42 Å². The Morgan fingerprint density at radius 2 is 1.71 bits per heavy atom. The molecule has 0 aliphatic rings. The molecule has 0 saturated heterocycles. The summed E-state index contributed by atoms with van der Waals surface area (Å²) >= 11 is 5.34. The zero-order chi connectivity index (χ0) is 20.3. The first-order chi connectivity index (χ1) is 13.2. The highest BCUT2D eigenvalue weighted by molar-refractivity contribution is 7.92. The van der Waals surface area contributed by atoms with Gasteiger partial charge in [-0.2, -0.15) is 0 Å². The Morgan fingerprint density at radius 1 is 1.00 bits per heavy atom. The molecule has 2 aromatic carbocycles. The molecule has 0 aliphatic carbocycles. The van der Waals surface area contributed by atoms with Gasteiger partial charge >= 0.3 is 0 Å². The Bertz CT molecular complexity index is 1110. The van der Waals surface area contributed by atoms with Crippen molar-refractivity contribution in [1.82, 2.24) is 5.16 Å². The van der Waals surface area contributed by atoms with Gasteiger partial charge in [0.05, 0.1) is 4.90 Å². The minimum atomic E-state index is -3.75. The number of hydrogen-bond donors (Lipinski definition) is 3. The van der Waals surface area contributed by atoms with E-state index in [0.717, 1.165) is 16.8 Å². The van der Waals surface area contributed by atoms with Gasteiger partial charge < -0.3 is 15.2 Å². The molecule has 0 fully saturated rings. The number of rotatable bonds is 5. The van der Waals surface area contributed by atoms with Crippen LogP contribution < -0.4 is 15.4 Å². The van der Waals surface area contributed by atoms with Gasteiger partial charge in [-0.15, -0.1) is 0 Å². The molecule has 1 heterocycles. The van der Waals surface area contributed by atoms with Crippen molar-refractivity contribution in [2.24, 2.45) is 0 Å². The summed E-state index contributed by atoms with van der Waals surface area (Å²) < 4.78 is 32.0. The highest BCUT2D eigenvalue weighted by Crippen LogP contribution is 2.20. The molecule has 0 amide bonds. The number of sulfonamides is 1. The van der Waals surface area contributed by atoms with E-state index in [0.29, 0.717) is 16.6 Å². The monoisotopic (exact) mass is 416 g/mol. The van der Waals surface area contributed by atoms with E-state index < -0.39 is 10.0 Å². The van der Waals surface area contributed by atoms with E-state index in [4.69, 9.17) is 16.7 Å². The second-order valence-electron chi connectivity index (χ2n) is 6.35. The number of hydrogen-bond acceptors (Lipinski definition) is 5. The number of thiocarbonyl (C=S) groups is 1. The lowest BCUT2D eigenvalue weighted by molar-refractivity contribution is 0.400. The van der Waals surface area contributed by atoms with Crippen LogP contribution in [0.5, 0.6) is 0 Å². The number of aromatic nitrogens is 1. The maximum Gasteiger partial charge on any atom is 0.263 e. The third-order valence-corrected chi connectivity index (χ3v) is 5.51. The average molecular weight is 417 g/mol. The molecule has 0 spiro atoms. The maximum atomic E-state index is 12.4. The fourth-order valence-electron chi connectivity index (χ4n) is 2.48.